The summed E-state index contributed by atoms with van der Waals surface area (Å²) >= 11 is 0. The Bertz CT molecular complexity index is 332. The van der Waals surface area contributed by atoms with Gasteiger partial charge in [0.2, 0.25) is 0 Å². The summed E-state index contributed by atoms with van der Waals surface area (Å²) in [6.45, 7) is 6.64. The molecular formula is C12H21N3O2. The number of ether oxygens (including phenoxy) is 2. The Labute approximate surface area is 103 Å². The molecule has 0 aliphatic heterocycles. The van der Waals surface area contributed by atoms with Gasteiger partial charge in [-0.15, -0.1) is 0 Å². The second kappa shape index (κ2) is 7.97. The summed E-state index contributed by atoms with van der Waals surface area (Å²) in [5.41, 5.74) is 2.03. The van der Waals surface area contributed by atoms with Crippen LogP contribution < -0.4 is 10.1 Å². The molecule has 0 aromatic carbocycles. The van der Waals surface area contributed by atoms with Crippen molar-refractivity contribution >= 4 is 0 Å². The molecule has 0 fully saturated rings. The Balaban J connectivity index is 2.36. The number of rotatable bonds is 8. The number of nitrogens with one attached hydrogen (secondary N) is 1. The van der Waals surface area contributed by atoms with Crippen LogP contribution in [0.3, 0.4) is 0 Å². The van der Waals surface area contributed by atoms with Crippen LogP contribution in [0.4, 0.5) is 0 Å². The lowest BCUT2D eigenvalue weighted by Crippen LogP contribution is -2.11. The Kier molecular flexibility index (Phi) is 6.50. The van der Waals surface area contributed by atoms with Crippen LogP contribution in [0.1, 0.15) is 24.6 Å². The molecule has 0 aliphatic rings. The summed E-state index contributed by atoms with van der Waals surface area (Å²) < 4.78 is 10.7. The highest BCUT2D eigenvalue weighted by Gasteiger charge is 2.03. The van der Waals surface area contributed by atoms with E-state index >= 15 is 0 Å². The number of aromatic nitrogens is 2. The first-order chi connectivity index (χ1) is 8.27. The quantitative estimate of drug-likeness (QED) is 0.693. The van der Waals surface area contributed by atoms with Gasteiger partial charge >= 0.3 is 6.01 Å². The van der Waals surface area contributed by atoms with Gasteiger partial charge in [-0.25, -0.2) is 9.97 Å². The van der Waals surface area contributed by atoms with Crippen molar-refractivity contribution in [1.29, 1.82) is 0 Å². The number of nitrogens with zero attached hydrogens (tertiary/aromatic N) is 2. The molecule has 0 aliphatic carbocycles. The van der Waals surface area contributed by atoms with Crippen LogP contribution >= 0.6 is 0 Å². The number of hydrogen-bond donors (Lipinski definition) is 1. The zero-order valence-electron chi connectivity index (χ0n) is 10.8. The lowest BCUT2D eigenvalue weighted by Gasteiger charge is -2.08. The molecule has 1 rings (SSSR count). The predicted molar refractivity (Wildman–Crippen MR) is 66.1 cm³/mol. The third-order valence-electron chi connectivity index (χ3n) is 2.23. The monoisotopic (exact) mass is 239 g/mol. The zero-order valence-corrected chi connectivity index (χ0v) is 10.8. The molecule has 1 N–H and O–H groups in total. The fraction of sp³-hybridized carbons (Fsp3) is 0.667. The Morgan fingerprint density at radius 2 is 2.12 bits per heavy atom. The molecule has 17 heavy (non-hydrogen) atoms. The van der Waals surface area contributed by atoms with Crippen LogP contribution in [0, 0.1) is 6.92 Å². The van der Waals surface area contributed by atoms with Gasteiger partial charge in [0.15, 0.2) is 0 Å². The molecule has 1 heterocycles. The molecular weight excluding hydrogens is 218 g/mol. The normalized spacial score (nSPS) is 10.5. The van der Waals surface area contributed by atoms with Crippen molar-refractivity contribution in [2.75, 3.05) is 26.9 Å². The highest BCUT2D eigenvalue weighted by Crippen LogP contribution is 2.08. The first kappa shape index (κ1) is 13.9. The van der Waals surface area contributed by atoms with Gasteiger partial charge in [0.1, 0.15) is 6.61 Å². The van der Waals surface area contributed by atoms with Gasteiger partial charge in [-0.3, -0.25) is 0 Å². The van der Waals surface area contributed by atoms with Gasteiger partial charge in [0, 0.05) is 30.6 Å². The summed E-state index contributed by atoms with van der Waals surface area (Å²) in [6, 6.07) is 0.419. The maximum absolute atomic E-state index is 5.40. The highest BCUT2D eigenvalue weighted by molar-refractivity contribution is 5.17. The first-order valence-corrected chi connectivity index (χ1v) is 5.95. The Hall–Kier alpha value is -1.20. The van der Waals surface area contributed by atoms with E-state index < -0.39 is 0 Å². The molecule has 0 radical (unpaired) electrons. The van der Waals surface area contributed by atoms with Gasteiger partial charge in [0.25, 0.3) is 0 Å². The van der Waals surface area contributed by atoms with E-state index in [1.807, 2.05) is 14.0 Å². The molecule has 0 bridgehead atoms. The summed E-state index contributed by atoms with van der Waals surface area (Å²) in [5, 5.41) is 3.07. The molecule has 0 amide bonds. The summed E-state index contributed by atoms with van der Waals surface area (Å²) in [6.07, 6.45) is 2.81. The minimum absolute atomic E-state index is 0.419. The van der Waals surface area contributed by atoms with E-state index in [1.54, 1.807) is 6.20 Å². The molecule has 0 saturated heterocycles. The fourth-order valence-corrected chi connectivity index (χ4v) is 1.34. The van der Waals surface area contributed by atoms with E-state index in [4.69, 9.17) is 9.47 Å². The third kappa shape index (κ3) is 5.10. The molecule has 0 atom stereocenters. The molecule has 1 aromatic rings. The highest BCUT2D eigenvalue weighted by atomic mass is 16.5. The lowest BCUT2D eigenvalue weighted by molar-refractivity contribution is 0.0971. The van der Waals surface area contributed by atoms with E-state index in [0.717, 1.165) is 30.8 Å². The van der Waals surface area contributed by atoms with Crippen LogP contribution in [0.25, 0.3) is 0 Å². The standard InChI is InChI=1S/C12H21N3O2/c1-4-5-16-6-7-17-12-14-9-11(8-13-3)10(2)15-12/h9,13H,4-8H2,1-3H3. The average molecular weight is 239 g/mol. The average Bonchev–Trinajstić information content (AvgIpc) is 2.32. The van der Waals surface area contributed by atoms with Crippen molar-refractivity contribution in [3.63, 3.8) is 0 Å². The van der Waals surface area contributed by atoms with Crippen molar-refractivity contribution < 1.29 is 9.47 Å². The topological polar surface area (TPSA) is 56.3 Å². The predicted octanol–water partition coefficient (Wildman–Crippen LogP) is 1.31. The van der Waals surface area contributed by atoms with Crippen molar-refractivity contribution in [1.82, 2.24) is 15.3 Å². The zero-order chi connectivity index (χ0) is 12.5. The van der Waals surface area contributed by atoms with E-state index in [1.165, 1.54) is 0 Å². The molecule has 1 aromatic heterocycles. The number of aryl methyl sites for hydroxylation is 1. The fourth-order valence-electron chi connectivity index (χ4n) is 1.34. The molecule has 5 heteroatoms. The lowest BCUT2D eigenvalue weighted by atomic mass is 10.2. The SMILES string of the molecule is CCCOCCOc1ncc(CNC)c(C)n1. The van der Waals surface area contributed by atoms with Crippen molar-refractivity contribution in [3.05, 3.63) is 17.5 Å². The van der Waals surface area contributed by atoms with E-state index in [2.05, 4.69) is 22.2 Å². The molecule has 0 unspecified atom stereocenters. The summed E-state index contributed by atoms with van der Waals surface area (Å²) in [7, 11) is 1.90. The van der Waals surface area contributed by atoms with Gasteiger partial charge in [-0.1, -0.05) is 6.92 Å². The van der Waals surface area contributed by atoms with Crippen LogP contribution in [-0.4, -0.2) is 36.8 Å². The minimum Gasteiger partial charge on any atom is -0.461 e. The second-order valence-corrected chi connectivity index (χ2v) is 3.75. The largest absolute Gasteiger partial charge is 0.461 e. The second-order valence-electron chi connectivity index (χ2n) is 3.75. The minimum atomic E-state index is 0.419. The Morgan fingerprint density at radius 1 is 1.29 bits per heavy atom. The molecule has 0 saturated carbocycles. The summed E-state index contributed by atoms with van der Waals surface area (Å²) in [4.78, 5) is 8.43. The van der Waals surface area contributed by atoms with Crippen LogP contribution in [0.15, 0.2) is 6.20 Å². The molecule has 5 nitrogen and oxygen atoms in total. The number of hydrogen-bond acceptors (Lipinski definition) is 5. The van der Waals surface area contributed by atoms with Gasteiger partial charge in [-0.05, 0) is 20.4 Å². The van der Waals surface area contributed by atoms with Crippen molar-refractivity contribution in [2.24, 2.45) is 0 Å². The first-order valence-electron chi connectivity index (χ1n) is 5.95. The smallest absolute Gasteiger partial charge is 0.316 e. The van der Waals surface area contributed by atoms with Crippen LogP contribution in [-0.2, 0) is 11.3 Å². The molecule has 0 spiro atoms. The van der Waals surface area contributed by atoms with Gasteiger partial charge in [-0.2, -0.15) is 0 Å². The van der Waals surface area contributed by atoms with Crippen LogP contribution in [0.5, 0.6) is 6.01 Å². The Morgan fingerprint density at radius 3 is 2.76 bits per heavy atom. The van der Waals surface area contributed by atoms with Crippen molar-refractivity contribution in [2.45, 2.75) is 26.8 Å². The van der Waals surface area contributed by atoms with Crippen LogP contribution in [0.2, 0.25) is 0 Å². The maximum atomic E-state index is 5.40. The molecule has 96 valence electrons. The van der Waals surface area contributed by atoms with E-state index in [0.29, 0.717) is 19.2 Å². The van der Waals surface area contributed by atoms with Crippen molar-refractivity contribution in [3.8, 4) is 6.01 Å². The van der Waals surface area contributed by atoms with E-state index in [-0.39, 0.29) is 0 Å². The third-order valence-corrected chi connectivity index (χ3v) is 2.23. The maximum Gasteiger partial charge on any atom is 0.316 e. The summed E-state index contributed by atoms with van der Waals surface area (Å²) in [5.74, 6) is 0. The van der Waals surface area contributed by atoms with Gasteiger partial charge in [0.05, 0.1) is 6.61 Å². The van der Waals surface area contributed by atoms with E-state index in [9.17, 15) is 0 Å². The van der Waals surface area contributed by atoms with Gasteiger partial charge < -0.3 is 14.8 Å².